The van der Waals surface area contributed by atoms with E-state index in [0.717, 1.165) is 35.7 Å². The van der Waals surface area contributed by atoms with Crippen molar-refractivity contribution in [2.75, 3.05) is 31.1 Å². The Morgan fingerprint density at radius 1 is 0.848 bits per heavy atom. The molecule has 0 aromatic heterocycles. The molecule has 9 heteroatoms. The number of hydrogen-bond donors (Lipinski definition) is 2. The maximum absolute atomic E-state index is 13.7. The molecule has 1 heterocycles. The molecule has 5 rings (SSSR count). The Morgan fingerprint density at radius 2 is 1.52 bits per heavy atom. The van der Waals surface area contributed by atoms with Gasteiger partial charge in [-0.1, -0.05) is 74.9 Å². The van der Waals surface area contributed by atoms with E-state index >= 15 is 0 Å². The van der Waals surface area contributed by atoms with Gasteiger partial charge in [0.1, 0.15) is 6.54 Å². The number of rotatable bonds is 15. The first-order chi connectivity index (χ1) is 22.4. The fourth-order valence-corrected chi connectivity index (χ4v) is 6.48. The highest BCUT2D eigenvalue weighted by atomic mass is 16.3. The number of nitrogens with zero attached hydrogens (tertiary/aromatic N) is 4. The van der Waals surface area contributed by atoms with E-state index in [4.69, 9.17) is 5.73 Å². The van der Waals surface area contributed by atoms with E-state index in [0.29, 0.717) is 24.3 Å². The third-order valence-corrected chi connectivity index (χ3v) is 8.98. The SMILES string of the molecule is NC1=Nc2ccc(C(=O)CCC(=O)N(CCO)CCCCC3CCCC3)cc2CN1CC(=O)N(c1ccccc1)c1ccccc1. The largest absolute Gasteiger partial charge is 0.395 e. The van der Waals surface area contributed by atoms with Crippen molar-refractivity contribution in [2.24, 2.45) is 16.6 Å². The number of fused-ring (bicyclic) bond motifs is 1. The summed E-state index contributed by atoms with van der Waals surface area (Å²) in [5, 5.41) is 9.52. The lowest BCUT2D eigenvalue weighted by molar-refractivity contribution is -0.131. The third kappa shape index (κ3) is 8.60. The van der Waals surface area contributed by atoms with Crippen LogP contribution >= 0.6 is 0 Å². The first-order valence-electron chi connectivity index (χ1n) is 16.5. The van der Waals surface area contributed by atoms with E-state index in [1.54, 1.807) is 32.9 Å². The fourth-order valence-electron chi connectivity index (χ4n) is 6.48. The molecule has 242 valence electrons. The molecule has 2 aliphatic rings. The van der Waals surface area contributed by atoms with Gasteiger partial charge in [-0.05, 0) is 60.4 Å². The Morgan fingerprint density at radius 3 is 2.17 bits per heavy atom. The number of para-hydroxylation sites is 2. The van der Waals surface area contributed by atoms with E-state index < -0.39 is 0 Å². The second-order valence-corrected chi connectivity index (χ2v) is 12.2. The number of guanidine groups is 1. The molecule has 2 amide bonds. The van der Waals surface area contributed by atoms with Gasteiger partial charge < -0.3 is 20.6 Å². The number of nitrogens with two attached hydrogens (primary N) is 1. The van der Waals surface area contributed by atoms with Crippen LogP contribution in [0, 0.1) is 5.92 Å². The summed E-state index contributed by atoms with van der Waals surface area (Å²) in [6.45, 7) is 1.12. The second-order valence-electron chi connectivity index (χ2n) is 12.2. The van der Waals surface area contributed by atoms with E-state index in [-0.39, 0.29) is 56.1 Å². The van der Waals surface area contributed by atoms with Crippen LogP contribution in [0.2, 0.25) is 0 Å². The number of aliphatic imine (C=N–C) groups is 1. The van der Waals surface area contributed by atoms with Crippen molar-refractivity contribution in [1.82, 2.24) is 9.80 Å². The summed E-state index contributed by atoms with van der Waals surface area (Å²) in [7, 11) is 0. The minimum absolute atomic E-state index is 0.00736. The summed E-state index contributed by atoms with van der Waals surface area (Å²) >= 11 is 0. The highest BCUT2D eigenvalue weighted by molar-refractivity contribution is 6.03. The van der Waals surface area contributed by atoms with Crippen molar-refractivity contribution < 1.29 is 19.5 Å². The van der Waals surface area contributed by atoms with Crippen LogP contribution in [0.25, 0.3) is 0 Å². The highest BCUT2D eigenvalue weighted by Crippen LogP contribution is 2.30. The zero-order valence-corrected chi connectivity index (χ0v) is 26.5. The van der Waals surface area contributed by atoms with Crippen LogP contribution in [0.1, 0.15) is 73.7 Å². The maximum atomic E-state index is 13.7. The van der Waals surface area contributed by atoms with Gasteiger partial charge in [0.15, 0.2) is 11.7 Å². The van der Waals surface area contributed by atoms with Gasteiger partial charge in [0.25, 0.3) is 5.91 Å². The Bertz CT molecular complexity index is 1470. The molecule has 9 nitrogen and oxygen atoms in total. The predicted molar refractivity (Wildman–Crippen MR) is 181 cm³/mol. The second kappa shape index (κ2) is 16.2. The molecule has 0 unspecified atom stereocenters. The minimum atomic E-state index is -0.171. The zero-order valence-electron chi connectivity index (χ0n) is 26.5. The van der Waals surface area contributed by atoms with Gasteiger partial charge in [0.05, 0.1) is 12.3 Å². The molecule has 3 N–H and O–H groups in total. The number of Topliss-reactive ketones (excluding diaryl/α,β-unsaturated/α-hetero) is 1. The Kier molecular flexibility index (Phi) is 11.6. The normalized spacial score (nSPS) is 14.5. The smallest absolute Gasteiger partial charge is 0.251 e. The van der Waals surface area contributed by atoms with Crippen LogP contribution in [0.4, 0.5) is 17.1 Å². The number of unbranched alkanes of at least 4 members (excludes halogenated alkanes) is 1. The Balaban J connectivity index is 1.18. The standard InChI is InChI=1S/C37H45N5O4/c38-37-39-33-19-18-29(34(44)20-21-35(45)40(23-24-43)22-10-9-13-28-11-7-8-12-28)25-30(33)26-41(37)27-36(46)42(31-14-3-1-4-15-31)32-16-5-2-6-17-32/h1-6,14-19,25,28,43H,7-13,20-24,26-27H2,(H2,38,39). The van der Waals surface area contributed by atoms with Crippen LogP contribution in [0.3, 0.4) is 0 Å². The Labute approximate surface area is 271 Å². The lowest BCUT2D eigenvalue weighted by Crippen LogP contribution is -2.45. The number of ketones is 1. The first kappa shape index (κ1) is 32.9. The van der Waals surface area contributed by atoms with Crippen molar-refractivity contribution in [1.29, 1.82) is 0 Å². The van der Waals surface area contributed by atoms with Crippen molar-refractivity contribution in [3.8, 4) is 0 Å². The molecule has 1 saturated carbocycles. The number of amides is 2. The fraction of sp³-hybridized carbons (Fsp3) is 0.405. The molecule has 0 saturated heterocycles. The van der Waals surface area contributed by atoms with E-state index in [1.807, 2.05) is 60.7 Å². The quantitative estimate of drug-likeness (QED) is 0.159. The van der Waals surface area contributed by atoms with E-state index in [9.17, 15) is 19.5 Å². The van der Waals surface area contributed by atoms with Crippen LogP contribution < -0.4 is 10.6 Å². The number of aliphatic hydroxyl groups excluding tert-OH is 1. The van der Waals surface area contributed by atoms with E-state index in [2.05, 4.69) is 4.99 Å². The van der Waals surface area contributed by atoms with Crippen LogP contribution in [0.5, 0.6) is 0 Å². The number of hydrogen-bond acceptors (Lipinski definition) is 7. The Hall–Kier alpha value is -4.50. The summed E-state index contributed by atoms with van der Waals surface area (Å²) in [5.74, 6) is 0.647. The summed E-state index contributed by atoms with van der Waals surface area (Å²) in [6.07, 6.45) is 8.69. The van der Waals surface area contributed by atoms with Crippen molar-refractivity contribution in [2.45, 2.75) is 64.3 Å². The number of aliphatic hydroxyl groups is 1. The lowest BCUT2D eigenvalue weighted by Gasteiger charge is -2.31. The van der Waals surface area contributed by atoms with Gasteiger partial charge in [-0.25, -0.2) is 4.99 Å². The monoisotopic (exact) mass is 623 g/mol. The number of anilines is 2. The zero-order chi connectivity index (χ0) is 32.3. The van der Waals surface area contributed by atoms with Gasteiger partial charge in [0.2, 0.25) is 5.91 Å². The average Bonchev–Trinajstić information content (AvgIpc) is 3.60. The third-order valence-electron chi connectivity index (χ3n) is 8.98. The van der Waals surface area contributed by atoms with Crippen LogP contribution in [-0.4, -0.2) is 64.7 Å². The van der Waals surface area contributed by atoms with Crippen molar-refractivity contribution in [3.05, 3.63) is 90.0 Å². The van der Waals surface area contributed by atoms with Crippen molar-refractivity contribution >= 4 is 40.6 Å². The summed E-state index contributed by atoms with van der Waals surface area (Å²) < 4.78 is 0. The van der Waals surface area contributed by atoms with Crippen LogP contribution in [0.15, 0.2) is 83.9 Å². The molecule has 3 aromatic carbocycles. The summed E-state index contributed by atoms with van der Waals surface area (Å²) in [6, 6.07) is 24.2. The van der Waals surface area contributed by atoms with Gasteiger partial charge in [-0.3, -0.25) is 19.3 Å². The maximum Gasteiger partial charge on any atom is 0.251 e. The number of carbonyl (C=O) groups excluding carboxylic acids is 3. The van der Waals surface area contributed by atoms with Gasteiger partial charge in [0, 0.05) is 49.4 Å². The molecule has 0 bridgehead atoms. The lowest BCUT2D eigenvalue weighted by atomic mass is 10.0. The van der Waals surface area contributed by atoms with Gasteiger partial charge >= 0.3 is 0 Å². The first-order valence-corrected chi connectivity index (χ1v) is 16.5. The van der Waals surface area contributed by atoms with Crippen LogP contribution in [-0.2, 0) is 16.1 Å². The van der Waals surface area contributed by atoms with Gasteiger partial charge in [-0.2, -0.15) is 0 Å². The predicted octanol–water partition coefficient (Wildman–Crippen LogP) is 5.96. The summed E-state index contributed by atoms with van der Waals surface area (Å²) in [4.78, 5) is 49.5. The molecule has 0 spiro atoms. The van der Waals surface area contributed by atoms with Crippen molar-refractivity contribution in [3.63, 3.8) is 0 Å². The molecule has 46 heavy (non-hydrogen) atoms. The molecule has 1 aliphatic carbocycles. The van der Waals surface area contributed by atoms with E-state index in [1.165, 1.54) is 32.1 Å². The highest BCUT2D eigenvalue weighted by Gasteiger charge is 2.26. The number of benzene rings is 3. The molecule has 1 fully saturated rings. The molecule has 1 aliphatic heterocycles. The average molecular weight is 624 g/mol. The number of carbonyl (C=O) groups is 3. The minimum Gasteiger partial charge on any atom is -0.395 e. The topological polar surface area (TPSA) is 120 Å². The molecule has 3 aromatic rings. The molecular formula is C37H45N5O4. The molecule has 0 radical (unpaired) electrons. The molecular weight excluding hydrogens is 578 g/mol. The molecule has 0 atom stereocenters. The summed E-state index contributed by atoms with van der Waals surface area (Å²) in [5.41, 5.74) is 9.73. The van der Waals surface area contributed by atoms with Gasteiger partial charge in [-0.15, -0.1) is 0 Å².